The number of halogens is 1. The van der Waals surface area contributed by atoms with E-state index in [-0.39, 0.29) is 12.1 Å². The van der Waals surface area contributed by atoms with Gasteiger partial charge in [0.05, 0.1) is 5.56 Å². The van der Waals surface area contributed by atoms with Gasteiger partial charge in [-0.15, -0.1) is 0 Å². The van der Waals surface area contributed by atoms with E-state index in [0.717, 1.165) is 25.9 Å². The number of ether oxygens (including phenoxy) is 2. The van der Waals surface area contributed by atoms with Crippen molar-refractivity contribution in [1.82, 2.24) is 4.90 Å². The summed E-state index contributed by atoms with van der Waals surface area (Å²) in [5.41, 5.74) is 3.70. The fourth-order valence-corrected chi connectivity index (χ4v) is 4.25. The summed E-state index contributed by atoms with van der Waals surface area (Å²) < 4.78 is 12.3. The molecule has 0 unspecified atom stereocenters. The molecule has 0 aliphatic carbocycles. The summed E-state index contributed by atoms with van der Waals surface area (Å²) in [5, 5.41) is 0. The molecule has 1 aromatic rings. The predicted molar refractivity (Wildman–Crippen MR) is 129 cm³/mol. The molecule has 0 spiro atoms. The molecule has 1 aliphatic heterocycles. The molecule has 0 aromatic heterocycles. The van der Waals surface area contributed by atoms with Gasteiger partial charge in [-0.2, -0.15) is 0 Å². The van der Waals surface area contributed by atoms with E-state index in [2.05, 4.69) is 34.4 Å². The molecule has 0 N–H and O–H groups in total. The van der Waals surface area contributed by atoms with E-state index in [0.29, 0.717) is 31.7 Å². The van der Waals surface area contributed by atoms with Crippen molar-refractivity contribution in [1.29, 1.82) is 0 Å². The number of esters is 1. The number of nitrogens with zero attached hydrogens (tertiary/aromatic N) is 2. The number of hydrogen-bond acceptors (Lipinski definition) is 5. The van der Waals surface area contributed by atoms with Gasteiger partial charge in [-0.1, -0.05) is 0 Å². The second-order valence-electron chi connectivity index (χ2n) is 9.87. The van der Waals surface area contributed by atoms with Crippen molar-refractivity contribution >= 4 is 40.3 Å². The number of hydrogen-bond donors (Lipinski definition) is 0. The molecule has 0 saturated carbocycles. The zero-order valence-corrected chi connectivity index (χ0v) is 21.9. The molecule has 30 heavy (non-hydrogen) atoms. The van der Waals surface area contributed by atoms with Crippen LogP contribution in [0.15, 0.2) is 0 Å². The molecule has 1 aromatic carbocycles. The average molecular weight is 530 g/mol. The lowest BCUT2D eigenvalue weighted by atomic mass is 9.95. The molecule has 1 amide bonds. The summed E-state index contributed by atoms with van der Waals surface area (Å²) in [4.78, 5) is 29.4. The third-order valence-corrected chi connectivity index (χ3v) is 6.59. The maximum absolute atomic E-state index is 13.0. The summed E-state index contributed by atoms with van der Waals surface area (Å²) in [6.07, 6.45) is -0.275. The van der Waals surface area contributed by atoms with E-state index in [1.54, 1.807) is 4.90 Å². The monoisotopic (exact) mass is 530 g/mol. The number of benzene rings is 1. The highest BCUT2D eigenvalue weighted by molar-refractivity contribution is 14.1. The minimum atomic E-state index is -0.550. The molecular formula is C23H35IN2O4. The number of carbonyl (C=O) groups is 2. The zero-order chi connectivity index (χ0) is 23.0. The van der Waals surface area contributed by atoms with Crippen molar-refractivity contribution in [2.75, 3.05) is 31.1 Å². The molecule has 1 saturated heterocycles. The third-order valence-electron chi connectivity index (χ3n) is 4.97. The van der Waals surface area contributed by atoms with Crippen LogP contribution in [0, 0.1) is 24.3 Å². The van der Waals surface area contributed by atoms with Gasteiger partial charge in [0.15, 0.2) is 0 Å². The molecule has 0 atom stereocenters. The molecule has 7 heteroatoms. The molecular weight excluding hydrogens is 495 g/mol. The van der Waals surface area contributed by atoms with Crippen molar-refractivity contribution in [2.45, 2.75) is 73.5 Å². The van der Waals surface area contributed by atoms with Crippen molar-refractivity contribution < 1.29 is 19.1 Å². The van der Waals surface area contributed by atoms with Crippen LogP contribution in [0.2, 0.25) is 0 Å². The summed E-state index contributed by atoms with van der Waals surface area (Å²) in [5.74, 6) is -0.288. The number of amides is 1. The second-order valence-corrected chi connectivity index (χ2v) is 10.9. The lowest BCUT2D eigenvalue weighted by Gasteiger charge is -2.38. The van der Waals surface area contributed by atoms with Gasteiger partial charge in [-0.25, -0.2) is 9.59 Å². The molecule has 168 valence electrons. The van der Waals surface area contributed by atoms with Crippen LogP contribution >= 0.6 is 22.6 Å². The van der Waals surface area contributed by atoms with E-state index in [9.17, 15) is 9.59 Å². The van der Waals surface area contributed by atoms with Crippen molar-refractivity contribution in [3.05, 3.63) is 25.8 Å². The normalized spacial score (nSPS) is 15.3. The maximum atomic E-state index is 13.0. The number of carbonyl (C=O) groups excluding carboxylic acids is 2. The first-order valence-corrected chi connectivity index (χ1v) is 11.5. The zero-order valence-electron chi connectivity index (χ0n) is 19.7. The molecule has 2 rings (SSSR count). The fourth-order valence-electron chi connectivity index (χ4n) is 3.72. The van der Waals surface area contributed by atoms with Crippen LogP contribution in [0.4, 0.5) is 10.5 Å². The quantitative estimate of drug-likeness (QED) is 0.387. The highest BCUT2D eigenvalue weighted by Gasteiger charge is 2.30. The highest BCUT2D eigenvalue weighted by atomic mass is 127. The number of rotatable bonds is 2. The van der Waals surface area contributed by atoms with Gasteiger partial charge in [0.1, 0.15) is 11.2 Å². The molecule has 1 aliphatic rings. The Hall–Kier alpha value is -1.51. The van der Waals surface area contributed by atoms with Crippen LogP contribution in [0.25, 0.3) is 0 Å². The first-order valence-electron chi connectivity index (χ1n) is 10.4. The van der Waals surface area contributed by atoms with Gasteiger partial charge in [-0.3, -0.25) is 0 Å². The minimum absolute atomic E-state index is 0.275. The van der Waals surface area contributed by atoms with Gasteiger partial charge in [0.2, 0.25) is 0 Å². The SMILES string of the molecule is Cc1c(I)c(C)c(N2CCN(C(=O)OC(C)(C)C)CC2)c(C)c1C(=O)OC(C)(C)C. The third kappa shape index (κ3) is 5.80. The van der Waals surface area contributed by atoms with Crippen LogP contribution in [0.5, 0.6) is 0 Å². The van der Waals surface area contributed by atoms with Gasteiger partial charge in [0.25, 0.3) is 0 Å². The summed E-state index contributed by atoms with van der Waals surface area (Å²) in [6, 6.07) is 0. The Kier molecular flexibility index (Phi) is 7.37. The minimum Gasteiger partial charge on any atom is -0.456 e. The maximum Gasteiger partial charge on any atom is 0.410 e. The smallest absolute Gasteiger partial charge is 0.410 e. The molecule has 1 heterocycles. The van der Waals surface area contributed by atoms with Gasteiger partial charge in [-0.05, 0) is 102 Å². The van der Waals surface area contributed by atoms with E-state index in [1.807, 2.05) is 55.4 Å². The largest absolute Gasteiger partial charge is 0.456 e. The standard InChI is InChI=1S/C23H35IN2O4/c1-14-17(20(27)29-22(4,5)6)15(2)19(16(3)18(14)24)25-10-12-26(13-11-25)21(28)30-23(7,8)9/h10-13H2,1-9H3. The summed E-state index contributed by atoms with van der Waals surface area (Å²) >= 11 is 2.31. The summed E-state index contributed by atoms with van der Waals surface area (Å²) in [7, 11) is 0. The van der Waals surface area contributed by atoms with Crippen LogP contribution in [-0.4, -0.2) is 54.3 Å². The van der Waals surface area contributed by atoms with Crippen molar-refractivity contribution in [3.8, 4) is 0 Å². The van der Waals surface area contributed by atoms with Crippen LogP contribution in [0.3, 0.4) is 0 Å². The van der Waals surface area contributed by atoms with Crippen molar-refractivity contribution in [3.63, 3.8) is 0 Å². The number of piperazine rings is 1. The fraction of sp³-hybridized carbons (Fsp3) is 0.652. The Bertz CT molecular complexity index is 829. The van der Waals surface area contributed by atoms with E-state index in [4.69, 9.17) is 9.47 Å². The Balaban J connectivity index is 2.31. The van der Waals surface area contributed by atoms with Gasteiger partial charge in [0, 0.05) is 35.4 Å². The van der Waals surface area contributed by atoms with Crippen LogP contribution in [-0.2, 0) is 9.47 Å². The Morgan fingerprint density at radius 3 is 1.77 bits per heavy atom. The second kappa shape index (κ2) is 8.93. The lowest BCUT2D eigenvalue weighted by molar-refractivity contribution is 0.00674. The molecule has 0 radical (unpaired) electrons. The molecule has 6 nitrogen and oxygen atoms in total. The molecule has 1 fully saturated rings. The highest BCUT2D eigenvalue weighted by Crippen LogP contribution is 2.36. The van der Waals surface area contributed by atoms with E-state index in [1.165, 1.54) is 0 Å². The van der Waals surface area contributed by atoms with Gasteiger partial charge < -0.3 is 19.3 Å². The number of anilines is 1. The lowest BCUT2D eigenvalue weighted by Crippen LogP contribution is -2.50. The van der Waals surface area contributed by atoms with Crippen molar-refractivity contribution in [2.24, 2.45) is 0 Å². The van der Waals surface area contributed by atoms with Gasteiger partial charge >= 0.3 is 12.1 Å². The topological polar surface area (TPSA) is 59.1 Å². The van der Waals surface area contributed by atoms with Crippen LogP contribution < -0.4 is 4.90 Å². The van der Waals surface area contributed by atoms with E-state index >= 15 is 0 Å². The molecule has 0 bridgehead atoms. The average Bonchev–Trinajstić information content (AvgIpc) is 2.57. The van der Waals surface area contributed by atoms with E-state index < -0.39 is 11.2 Å². The predicted octanol–water partition coefficient (Wildman–Crippen LogP) is 5.23. The Morgan fingerprint density at radius 1 is 0.800 bits per heavy atom. The summed E-state index contributed by atoms with van der Waals surface area (Å²) in [6.45, 7) is 19.9. The first kappa shape index (κ1) is 24.8. The Morgan fingerprint density at radius 2 is 1.30 bits per heavy atom. The van der Waals surface area contributed by atoms with Crippen LogP contribution in [0.1, 0.15) is 68.6 Å². The Labute approximate surface area is 194 Å². The first-order chi connectivity index (χ1) is 13.6.